The number of rotatable bonds is 3. The van der Waals surface area contributed by atoms with E-state index < -0.39 is 0 Å². The van der Waals surface area contributed by atoms with Gasteiger partial charge in [0.1, 0.15) is 0 Å². The first-order valence-corrected chi connectivity index (χ1v) is 5.10. The van der Waals surface area contributed by atoms with Crippen LogP contribution in [0, 0.1) is 0 Å². The van der Waals surface area contributed by atoms with E-state index in [1.54, 1.807) is 0 Å². The molecule has 0 aromatic carbocycles. The summed E-state index contributed by atoms with van der Waals surface area (Å²) in [5.41, 5.74) is 0.930. The molecular formula is C9H13ClN2O. The number of nitrogens with zero attached hydrogens (tertiary/aromatic N) is 2. The predicted octanol–water partition coefficient (Wildman–Crippen LogP) is 1.80. The highest BCUT2D eigenvalue weighted by Crippen LogP contribution is 2.14. The van der Waals surface area contributed by atoms with Gasteiger partial charge >= 0.3 is 0 Å². The molecule has 0 amide bonds. The molecule has 1 atom stereocenters. The minimum atomic E-state index is 0.373. The van der Waals surface area contributed by atoms with Crippen LogP contribution in [-0.4, -0.2) is 22.3 Å². The second-order valence-corrected chi connectivity index (χ2v) is 3.60. The lowest BCUT2D eigenvalue weighted by atomic mass is 10.2. The highest BCUT2D eigenvalue weighted by molar-refractivity contribution is 6.16. The lowest BCUT2D eigenvalue weighted by molar-refractivity contribution is 0.0970. The summed E-state index contributed by atoms with van der Waals surface area (Å²) in [4.78, 5) is 4.15. The average molecular weight is 201 g/mol. The monoisotopic (exact) mass is 200 g/mol. The van der Waals surface area contributed by atoms with E-state index in [-0.39, 0.29) is 0 Å². The Balaban J connectivity index is 1.92. The minimum absolute atomic E-state index is 0.373. The Bertz CT molecular complexity index is 268. The fraction of sp³-hybridized carbons (Fsp3) is 0.667. The molecule has 1 saturated heterocycles. The Morgan fingerprint density at radius 3 is 3.23 bits per heavy atom. The number of imidazole rings is 1. The fourth-order valence-electron chi connectivity index (χ4n) is 1.60. The van der Waals surface area contributed by atoms with Gasteiger partial charge in [-0.3, -0.25) is 0 Å². The van der Waals surface area contributed by atoms with Gasteiger partial charge in [0.05, 0.1) is 24.0 Å². The molecule has 1 aliphatic heterocycles. The number of alkyl halides is 1. The van der Waals surface area contributed by atoms with E-state index in [0.717, 1.165) is 25.3 Å². The van der Waals surface area contributed by atoms with Gasteiger partial charge in [-0.15, -0.1) is 11.6 Å². The minimum Gasteiger partial charge on any atom is -0.376 e. The molecule has 0 saturated carbocycles. The van der Waals surface area contributed by atoms with Crippen LogP contribution in [0.25, 0.3) is 0 Å². The van der Waals surface area contributed by atoms with Gasteiger partial charge in [0.2, 0.25) is 0 Å². The number of hydrogen-bond acceptors (Lipinski definition) is 2. The molecule has 13 heavy (non-hydrogen) atoms. The standard InChI is InChI=1S/C9H13ClN2O/c10-4-8-5-12(7-11-8)6-9-2-1-3-13-9/h5,7,9H,1-4,6H2/t9-/m1/s1. The second kappa shape index (κ2) is 4.11. The SMILES string of the molecule is ClCc1cn(C[C@H]2CCCO2)cn1. The summed E-state index contributed by atoms with van der Waals surface area (Å²) in [5, 5.41) is 0. The Labute approximate surface area is 82.7 Å². The number of halogens is 1. The maximum Gasteiger partial charge on any atom is 0.0950 e. The number of ether oxygens (including phenoxy) is 1. The second-order valence-electron chi connectivity index (χ2n) is 3.33. The normalized spacial score (nSPS) is 22.4. The van der Waals surface area contributed by atoms with Gasteiger partial charge in [0, 0.05) is 19.3 Å². The van der Waals surface area contributed by atoms with Crippen molar-refractivity contribution in [2.24, 2.45) is 0 Å². The molecule has 2 heterocycles. The van der Waals surface area contributed by atoms with Crippen molar-refractivity contribution in [3.8, 4) is 0 Å². The van der Waals surface area contributed by atoms with Crippen LogP contribution in [0.2, 0.25) is 0 Å². The molecular weight excluding hydrogens is 188 g/mol. The van der Waals surface area contributed by atoms with Crippen LogP contribution in [-0.2, 0) is 17.2 Å². The van der Waals surface area contributed by atoms with Crippen molar-refractivity contribution in [1.29, 1.82) is 0 Å². The molecule has 4 heteroatoms. The average Bonchev–Trinajstić information content (AvgIpc) is 2.76. The van der Waals surface area contributed by atoms with E-state index in [1.807, 2.05) is 17.1 Å². The third-order valence-corrected chi connectivity index (χ3v) is 2.54. The zero-order valence-corrected chi connectivity index (χ0v) is 8.20. The first-order chi connectivity index (χ1) is 6.38. The molecule has 1 aromatic rings. The summed E-state index contributed by atoms with van der Waals surface area (Å²) in [6.45, 7) is 1.81. The molecule has 1 aromatic heterocycles. The molecule has 0 aliphatic carbocycles. The smallest absolute Gasteiger partial charge is 0.0950 e. The molecule has 1 fully saturated rings. The van der Waals surface area contributed by atoms with Gasteiger partial charge in [-0.2, -0.15) is 0 Å². The summed E-state index contributed by atoms with van der Waals surface area (Å²) in [6.07, 6.45) is 6.52. The van der Waals surface area contributed by atoms with E-state index >= 15 is 0 Å². The molecule has 2 rings (SSSR count). The van der Waals surface area contributed by atoms with E-state index in [1.165, 1.54) is 6.42 Å². The number of aromatic nitrogens is 2. The molecule has 3 nitrogen and oxygen atoms in total. The predicted molar refractivity (Wildman–Crippen MR) is 50.8 cm³/mol. The Morgan fingerprint density at radius 2 is 2.62 bits per heavy atom. The summed E-state index contributed by atoms with van der Waals surface area (Å²) >= 11 is 5.65. The topological polar surface area (TPSA) is 27.1 Å². The summed E-state index contributed by atoms with van der Waals surface area (Å²) in [7, 11) is 0. The van der Waals surface area contributed by atoms with Crippen LogP contribution in [0.1, 0.15) is 18.5 Å². The molecule has 0 radical (unpaired) electrons. The molecule has 1 aliphatic rings. The third-order valence-electron chi connectivity index (χ3n) is 2.26. The van der Waals surface area contributed by atoms with Crippen molar-refractivity contribution in [3.63, 3.8) is 0 Å². The Morgan fingerprint density at radius 1 is 1.69 bits per heavy atom. The van der Waals surface area contributed by atoms with Crippen molar-refractivity contribution >= 4 is 11.6 Å². The maximum absolute atomic E-state index is 5.65. The summed E-state index contributed by atoms with van der Waals surface area (Å²) < 4.78 is 7.57. The molecule has 72 valence electrons. The molecule has 0 N–H and O–H groups in total. The van der Waals surface area contributed by atoms with E-state index in [9.17, 15) is 0 Å². The molecule has 0 bridgehead atoms. The van der Waals surface area contributed by atoms with Crippen molar-refractivity contribution in [1.82, 2.24) is 9.55 Å². The first-order valence-electron chi connectivity index (χ1n) is 4.56. The Kier molecular flexibility index (Phi) is 2.86. The molecule has 0 spiro atoms. The third kappa shape index (κ3) is 2.23. The quantitative estimate of drug-likeness (QED) is 0.696. The molecule has 0 unspecified atom stereocenters. The van der Waals surface area contributed by atoms with Crippen LogP contribution < -0.4 is 0 Å². The van der Waals surface area contributed by atoms with Gasteiger partial charge in [0.25, 0.3) is 0 Å². The fourth-order valence-corrected chi connectivity index (χ4v) is 1.74. The lowest BCUT2D eigenvalue weighted by Crippen LogP contribution is -2.13. The first kappa shape index (κ1) is 9.03. The van der Waals surface area contributed by atoms with Gasteiger partial charge in [-0.1, -0.05) is 0 Å². The maximum atomic E-state index is 5.65. The van der Waals surface area contributed by atoms with Crippen molar-refractivity contribution in [2.45, 2.75) is 31.4 Å². The van der Waals surface area contributed by atoms with Crippen LogP contribution in [0.15, 0.2) is 12.5 Å². The van der Waals surface area contributed by atoms with Gasteiger partial charge in [-0.25, -0.2) is 4.98 Å². The highest BCUT2D eigenvalue weighted by Gasteiger charge is 2.15. The summed E-state index contributed by atoms with van der Waals surface area (Å²) in [5.74, 6) is 0.485. The van der Waals surface area contributed by atoms with Gasteiger partial charge in [0.15, 0.2) is 0 Å². The Hall–Kier alpha value is -0.540. The largest absolute Gasteiger partial charge is 0.376 e. The zero-order valence-electron chi connectivity index (χ0n) is 7.45. The lowest BCUT2D eigenvalue weighted by Gasteiger charge is -2.08. The van der Waals surface area contributed by atoms with Crippen molar-refractivity contribution in [2.75, 3.05) is 6.61 Å². The van der Waals surface area contributed by atoms with E-state index in [4.69, 9.17) is 16.3 Å². The van der Waals surface area contributed by atoms with Gasteiger partial charge < -0.3 is 9.30 Å². The van der Waals surface area contributed by atoms with Crippen LogP contribution >= 0.6 is 11.6 Å². The number of hydrogen-bond donors (Lipinski definition) is 0. The van der Waals surface area contributed by atoms with Crippen LogP contribution in [0.3, 0.4) is 0 Å². The van der Waals surface area contributed by atoms with Crippen LogP contribution in [0.5, 0.6) is 0 Å². The van der Waals surface area contributed by atoms with E-state index in [2.05, 4.69) is 4.98 Å². The van der Waals surface area contributed by atoms with Crippen molar-refractivity contribution in [3.05, 3.63) is 18.2 Å². The zero-order chi connectivity index (χ0) is 9.10. The summed E-state index contributed by atoms with van der Waals surface area (Å²) in [6, 6.07) is 0. The van der Waals surface area contributed by atoms with E-state index in [0.29, 0.717) is 12.0 Å². The van der Waals surface area contributed by atoms with Gasteiger partial charge in [-0.05, 0) is 12.8 Å². The van der Waals surface area contributed by atoms with Crippen LogP contribution in [0.4, 0.5) is 0 Å². The van der Waals surface area contributed by atoms with Crippen molar-refractivity contribution < 1.29 is 4.74 Å². The highest BCUT2D eigenvalue weighted by atomic mass is 35.5.